The van der Waals surface area contributed by atoms with E-state index in [9.17, 15) is 17.6 Å². The van der Waals surface area contributed by atoms with Gasteiger partial charge in [0.15, 0.2) is 9.84 Å². The predicted octanol–water partition coefficient (Wildman–Crippen LogP) is 3.76. The van der Waals surface area contributed by atoms with E-state index in [0.717, 1.165) is 12.1 Å². The summed E-state index contributed by atoms with van der Waals surface area (Å²) in [5.41, 5.74) is -0.603. The van der Waals surface area contributed by atoms with E-state index in [4.69, 9.17) is 16.3 Å². The van der Waals surface area contributed by atoms with Gasteiger partial charge in [-0.1, -0.05) is 11.6 Å². The van der Waals surface area contributed by atoms with Crippen LogP contribution in [0.25, 0.3) is 0 Å². The zero-order chi connectivity index (χ0) is 17.4. The molecule has 0 saturated heterocycles. The van der Waals surface area contributed by atoms with Gasteiger partial charge in [0.2, 0.25) is 0 Å². The average molecular weight is 363 g/mol. The van der Waals surface area contributed by atoms with E-state index in [2.05, 4.69) is 0 Å². The fourth-order valence-corrected chi connectivity index (χ4v) is 5.08. The van der Waals surface area contributed by atoms with Crippen molar-refractivity contribution in [2.45, 2.75) is 55.8 Å². The molecule has 0 aliphatic heterocycles. The minimum absolute atomic E-state index is 0.0876. The maximum absolute atomic E-state index is 13.1. The molecular formula is C16H20ClFO4S. The van der Waals surface area contributed by atoms with E-state index in [1.165, 1.54) is 6.07 Å². The van der Waals surface area contributed by atoms with Gasteiger partial charge >= 0.3 is 5.97 Å². The van der Waals surface area contributed by atoms with Crippen LogP contribution in [0.1, 0.15) is 40.0 Å². The third-order valence-electron chi connectivity index (χ3n) is 3.76. The lowest BCUT2D eigenvalue weighted by molar-refractivity contribution is -0.159. The number of hydrogen-bond acceptors (Lipinski definition) is 4. The predicted molar refractivity (Wildman–Crippen MR) is 85.6 cm³/mol. The van der Waals surface area contributed by atoms with Crippen LogP contribution in [0.3, 0.4) is 0 Å². The Kier molecular flexibility index (Phi) is 5.06. The number of rotatable bonds is 3. The number of carbonyl (C=O) groups excluding carboxylic acids is 1. The van der Waals surface area contributed by atoms with Crippen LogP contribution in [-0.4, -0.2) is 25.2 Å². The molecule has 1 aromatic rings. The highest BCUT2D eigenvalue weighted by Crippen LogP contribution is 2.37. The molecule has 4 nitrogen and oxygen atoms in total. The smallest absolute Gasteiger partial charge is 0.309 e. The Morgan fingerprint density at radius 3 is 2.52 bits per heavy atom. The second-order valence-electron chi connectivity index (χ2n) is 6.79. The summed E-state index contributed by atoms with van der Waals surface area (Å²) in [6.07, 6.45) is 1.02. The molecule has 2 atom stereocenters. The van der Waals surface area contributed by atoms with Crippen molar-refractivity contribution in [1.29, 1.82) is 0 Å². The second kappa shape index (κ2) is 6.40. The number of benzene rings is 1. The highest BCUT2D eigenvalue weighted by Gasteiger charge is 2.40. The van der Waals surface area contributed by atoms with Crippen LogP contribution < -0.4 is 0 Å². The molecule has 2 unspecified atom stereocenters. The van der Waals surface area contributed by atoms with Crippen molar-refractivity contribution in [1.82, 2.24) is 0 Å². The van der Waals surface area contributed by atoms with Crippen LogP contribution >= 0.6 is 11.6 Å². The van der Waals surface area contributed by atoms with Crippen LogP contribution in [0.5, 0.6) is 0 Å². The summed E-state index contributed by atoms with van der Waals surface area (Å²) in [4.78, 5) is 12.0. The van der Waals surface area contributed by atoms with E-state index >= 15 is 0 Å². The van der Waals surface area contributed by atoms with E-state index in [-0.39, 0.29) is 22.3 Å². The highest BCUT2D eigenvalue weighted by molar-refractivity contribution is 7.92. The summed E-state index contributed by atoms with van der Waals surface area (Å²) < 4.78 is 43.7. The molecule has 0 aromatic heterocycles. The molecule has 7 heteroatoms. The van der Waals surface area contributed by atoms with Crippen molar-refractivity contribution in [3.8, 4) is 0 Å². The first-order valence-corrected chi connectivity index (χ1v) is 9.35. The Hall–Kier alpha value is -1.14. The van der Waals surface area contributed by atoms with Gasteiger partial charge in [-0.3, -0.25) is 4.79 Å². The fourth-order valence-electron chi connectivity index (χ4n) is 2.71. The summed E-state index contributed by atoms with van der Waals surface area (Å²) in [7, 11) is -3.70. The first-order valence-electron chi connectivity index (χ1n) is 7.42. The molecule has 1 aliphatic carbocycles. The number of esters is 1. The van der Waals surface area contributed by atoms with Crippen LogP contribution in [0.4, 0.5) is 4.39 Å². The molecule has 2 rings (SSSR count). The van der Waals surface area contributed by atoms with Crippen molar-refractivity contribution in [3.05, 3.63) is 29.0 Å². The second-order valence-corrected chi connectivity index (χ2v) is 9.39. The summed E-state index contributed by atoms with van der Waals surface area (Å²) in [5.74, 6) is -1.40. The molecule has 0 radical (unpaired) electrons. The maximum atomic E-state index is 13.1. The largest absolute Gasteiger partial charge is 0.460 e. The third-order valence-corrected chi connectivity index (χ3v) is 6.46. The summed E-state index contributed by atoms with van der Waals surface area (Å²) in [6, 6.07) is 3.22. The normalized spacial score (nSPS) is 22.1. The number of carbonyl (C=O) groups is 1. The Morgan fingerprint density at radius 2 is 1.96 bits per heavy atom. The number of hydrogen-bond donors (Lipinski definition) is 0. The van der Waals surface area contributed by atoms with Crippen LogP contribution in [0.15, 0.2) is 23.1 Å². The minimum atomic E-state index is -3.70. The fraction of sp³-hybridized carbons (Fsp3) is 0.562. The molecule has 0 amide bonds. The molecule has 0 heterocycles. The highest BCUT2D eigenvalue weighted by atomic mass is 35.5. The molecule has 0 N–H and O–H groups in total. The van der Waals surface area contributed by atoms with Crippen molar-refractivity contribution in [2.24, 2.45) is 5.92 Å². The lowest BCUT2D eigenvalue weighted by Crippen LogP contribution is -2.28. The molecule has 128 valence electrons. The van der Waals surface area contributed by atoms with Crippen molar-refractivity contribution in [3.63, 3.8) is 0 Å². The number of sulfone groups is 1. The van der Waals surface area contributed by atoms with Gasteiger partial charge in [0.25, 0.3) is 0 Å². The molecule has 1 fully saturated rings. The van der Waals surface area contributed by atoms with E-state index < -0.39 is 32.4 Å². The Balaban J connectivity index is 2.16. The quantitative estimate of drug-likeness (QED) is 0.606. The first kappa shape index (κ1) is 18.2. The SMILES string of the molecule is CC(C)(C)OC(=O)C1CCC(S(=O)(=O)c2ccc(F)cc2Cl)C1. The van der Waals surface area contributed by atoms with Gasteiger partial charge in [-0.2, -0.15) is 0 Å². The topological polar surface area (TPSA) is 60.4 Å². The van der Waals surface area contributed by atoms with Gasteiger partial charge in [0, 0.05) is 0 Å². The summed E-state index contributed by atoms with van der Waals surface area (Å²) in [5, 5.41) is -0.839. The van der Waals surface area contributed by atoms with Crippen molar-refractivity contribution in [2.75, 3.05) is 0 Å². The third kappa shape index (κ3) is 4.23. The van der Waals surface area contributed by atoms with Gasteiger partial charge < -0.3 is 4.74 Å². The van der Waals surface area contributed by atoms with Gasteiger partial charge in [-0.25, -0.2) is 12.8 Å². The molecular weight excluding hydrogens is 343 g/mol. The molecule has 0 bridgehead atoms. The zero-order valence-electron chi connectivity index (χ0n) is 13.3. The first-order chi connectivity index (χ1) is 10.5. The van der Waals surface area contributed by atoms with Gasteiger partial charge in [0.1, 0.15) is 11.4 Å². The Bertz CT molecular complexity index is 709. The van der Waals surface area contributed by atoms with Gasteiger partial charge in [-0.05, 0) is 58.2 Å². The van der Waals surface area contributed by atoms with Gasteiger partial charge in [-0.15, -0.1) is 0 Å². The van der Waals surface area contributed by atoms with Crippen LogP contribution in [-0.2, 0) is 19.4 Å². The Morgan fingerprint density at radius 1 is 1.30 bits per heavy atom. The lowest BCUT2D eigenvalue weighted by Gasteiger charge is -2.22. The lowest BCUT2D eigenvalue weighted by atomic mass is 10.1. The van der Waals surface area contributed by atoms with Crippen molar-refractivity contribution < 1.29 is 22.3 Å². The monoisotopic (exact) mass is 362 g/mol. The van der Waals surface area contributed by atoms with E-state index in [1.807, 2.05) is 0 Å². The molecule has 0 spiro atoms. The summed E-state index contributed by atoms with van der Waals surface area (Å²) >= 11 is 5.87. The molecule has 1 aromatic carbocycles. The average Bonchev–Trinajstić information content (AvgIpc) is 2.86. The maximum Gasteiger partial charge on any atom is 0.309 e. The standard InChI is InChI=1S/C16H20ClFO4S/c1-16(2,3)22-15(19)10-4-6-12(8-10)23(20,21)14-7-5-11(18)9-13(14)17/h5,7,9-10,12H,4,6,8H2,1-3H3. The molecule has 1 saturated carbocycles. The summed E-state index contributed by atoms with van der Waals surface area (Å²) in [6.45, 7) is 5.31. The van der Waals surface area contributed by atoms with E-state index in [1.54, 1.807) is 20.8 Å². The minimum Gasteiger partial charge on any atom is -0.460 e. The van der Waals surface area contributed by atoms with E-state index in [0.29, 0.717) is 12.8 Å². The number of halogens is 2. The van der Waals surface area contributed by atoms with Crippen LogP contribution in [0, 0.1) is 11.7 Å². The molecule has 1 aliphatic rings. The number of ether oxygens (including phenoxy) is 1. The van der Waals surface area contributed by atoms with Gasteiger partial charge in [0.05, 0.1) is 21.1 Å². The molecule has 23 heavy (non-hydrogen) atoms. The Labute approximate surface area is 140 Å². The van der Waals surface area contributed by atoms with Crippen molar-refractivity contribution >= 4 is 27.4 Å². The zero-order valence-corrected chi connectivity index (χ0v) is 14.9. The van der Waals surface area contributed by atoms with Crippen LogP contribution in [0.2, 0.25) is 5.02 Å².